The van der Waals surface area contributed by atoms with Crippen molar-refractivity contribution in [3.05, 3.63) is 75.4 Å². The van der Waals surface area contributed by atoms with E-state index in [2.05, 4.69) is 10.3 Å². The molecule has 30 heavy (non-hydrogen) atoms. The van der Waals surface area contributed by atoms with Crippen molar-refractivity contribution in [2.24, 2.45) is 5.73 Å². The lowest BCUT2D eigenvalue weighted by molar-refractivity contribution is 0.100. The summed E-state index contributed by atoms with van der Waals surface area (Å²) in [7, 11) is 0. The number of hydrogen-bond acceptors (Lipinski definition) is 5. The average molecular weight is 436 g/mol. The van der Waals surface area contributed by atoms with Gasteiger partial charge >= 0.3 is 0 Å². The van der Waals surface area contributed by atoms with Crippen LogP contribution in [0.5, 0.6) is 0 Å². The molecular formula is C21H14ClN5O2S. The van der Waals surface area contributed by atoms with E-state index in [0.717, 1.165) is 10.2 Å². The third-order valence-electron chi connectivity index (χ3n) is 4.56. The summed E-state index contributed by atoms with van der Waals surface area (Å²) in [6, 6.07) is 11.9. The number of nitrogens with one attached hydrogen (secondary N) is 1. The van der Waals surface area contributed by atoms with Crippen LogP contribution in [-0.2, 0) is 0 Å². The van der Waals surface area contributed by atoms with E-state index in [4.69, 9.17) is 22.6 Å². The number of halogens is 1. The number of fused-ring (bicyclic) bond motifs is 1. The molecule has 3 heterocycles. The van der Waals surface area contributed by atoms with Gasteiger partial charge in [-0.3, -0.25) is 14.2 Å². The van der Waals surface area contributed by atoms with Gasteiger partial charge in [0.1, 0.15) is 10.5 Å². The second-order valence-corrected chi connectivity index (χ2v) is 7.80. The molecule has 4 rings (SSSR count). The van der Waals surface area contributed by atoms with Crippen molar-refractivity contribution in [1.29, 1.82) is 5.26 Å². The first kappa shape index (κ1) is 19.6. The molecule has 148 valence electrons. The molecule has 2 amide bonds. The first-order valence-electron chi connectivity index (χ1n) is 8.76. The van der Waals surface area contributed by atoms with Crippen LogP contribution in [0, 0.1) is 18.3 Å². The van der Waals surface area contributed by atoms with E-state index < -0.39 is 11.8 Å². The van der Waals surface area contributed by atoms with Crippen molar-refractivity contribution in [3.8, 4) is 11.9 Å². The second kappa shape index (κ2) is 7.63. The highest BCUT2D eigenvalue weighted by Gasteiger charge is 2.22. The van der Waals surface area contributed by atoms with Gasteiger partial charge in [0, 0.05) is 11.6 Å². The monoisotopic (exact) mass is 435 g/mol. The minimum absolute atomic E-state index is 0.0655. The first-order valence-corrected chi connectivity index (χ1v) is 10.0. The Morgan fingerprint density at radius 3 is 2.80 bits per heavy atom. The largest absolute Gasteiger partial charge is 0.366 e. The Balaban J connectivity index is 1.84. The predicted octanol–water partition coefficient (Wildman–Crippen LogP) is 4.27. The van der Waals surface area contributed by atoms with Gasteiger partial charge < -0.3 is 11.1 Å². The number of nitrogens with zero attached hydrogens (tertiary/aromatic N) is 3. The number of anilines is 1. The SMILES string of the molecule is Cc1cc(C#N)cc(C(N)=O)c1NC(=O)c1cc2ccsc2n1-c1ncccc1Cl. The summed E-state index contributed by atoms with van der Waals surface area (Å²) in [5.41, 5.74) is 6.93. The van der Waals surface area contributed by atoms with Gasteiger partial charge in [0.15, 0.2) is 5.82 Å². The maximum absolute atomic E-state index is 13.3. The number of hydrogen-bond donors (Lipinski definition) is 2. The minimum Gasteiger partial charge on any atom is -0.366 e. The van der Waals surface area contributed by atoms with Crippen molar-refractivity contribution in [1.82, 2.24) is 9.55 Å². The molecule has 0 aliphatic rings. The highest BCUT2D eigenvalue weighted by Crippen LogP contribution is 2.32. The van der Waals surface area contributed by atoms with Crippen molar-refractivity contribution < 1.29 is 9.59 Å². The lowest BCUT2D eigenvalue weighted by atomic mass is 10.0. The van der Waals surface area contributed by atoms with Gasteiger partial charge in [0.25, 0.3) is 11.8 Å². The molecule has 0 saturated carbocycles. The number of nitriles is 1. The van der Waals surface area contributed by atoms with Crippen molar-refractivity contribution in [3.63, 3.8) is 0 Å². The lowest BCUT2D eigenvalue weighted by Gasteiger charge is -2.14. The number of nitrogens with two attached hydrogens (primary N) is 1. The average Bonchev–Trinajstić information content (AvgIpc) is 3.31. The Bertz CT molecular complexity index is 1370. The van der Waals surface area contributed by atoms with Crippen LogP contribution in [0.1, 0.15) is 32.0 Å². The van der Waals surface area contributed by atoms with Crippen molar-refractivity contribution >= 4 is 50.7 Å². The van der Waals surface area contributed by atoms with E-state index in [-0.39, 0.29) is 16.8 Å². The Morgan fingerprint density at radius 2 is 2.10 bits per heavy atom. The molecule has 0 aliphatic carbocycles. The third kappa shape index (κ3) is 3.30. The highest BCUT2D eigenvalue weighted by molar-refractivity contribution is 7.16. The minimum atomic E-state index is -0.741. The first-order chi connectivity index (χ1) is 14.4. The van der Waals surface area contributed by atoms with E-state index in [0.29, 0.717) is 22.1 Å². The molecule has 7 nitrogen and oxygen atoms in total. The number of benzene rings is 1. The fourth-order valence-electron chi connectivity index (χ4n) is 3.23. The predicted molar refractivity (Wildman–Crippen MR) is 116 cm³/mol. The Morgan fingerprint density at radius 1 is 1.30 bits per heavy atom. The quantitative estimate of drug-likeness (QED) is 0.498. The summed E-state index contributed by atoms with van der Waals surface area (Å²) >= 11 is 7.80. The molecule has 0 atom stereocenters. The molecule has 1 aromatic carbocycles. The number of primary amides is 1. The van der Waals surface area contributed by atoms with Gasteiger partial charge in [-0.1, -0.05) is 11.6 Å². The number of pyridine rings is 1. The molecule has 0 saturated heterocycles. The van der Waals surface area contributed by atoms with Crippen LogP contribution >= 0.6 is 22.9 Å². The summed E-state index contributed by atoms with van der Waals surface area (Å²) in [5.74, 6) is -0.779. The molecular weight excluding hydrogens is 422 g/mol. The molecule has 0 spiro atoms. The van der Waals surface area contributed by atoms with Gasteiger partial charge in [-0.05, 0) is 54.3 Å². The number of carbonyl (C=O) groups is 2. The van der Waals surface area contributed by atoms with Crippen molar-refractivity contribution in [2.45, 2.75) is 6.92 Å². The number of aromatic nitrogens is 2. The maximum Gasteiger partial charge on any atom is 0.272 e. The van der Waals surface area contributed by atoms with Gasteiger partial charge in [-0.2, -0.15) is 5.26 Å². The topological polar surface area (TPSA) is 114 Å². The van der Waals surface area contributed by atoms with E-state index >= 15 is 0 Å². The smallest absolute Gasteiger partial charge is 0.272 e. The van der Waals surface area contributed by atoms with Crippen molar-refractivity contribution in [2.75, 3.05) is 5.32 Å². The van der Waals surface area contributed by atoms with E-state index in [1.807, 2.05) is 17.5 Å². The zero-order chi connectivity index (χ0) is 21.4. The fraction of sp³-hybridized carbons (Fsp3) is 0.0476. The number of carbonyl (C=O) groups excluding carboxylic acids is 2. The summed E-state index contributed by atoms with van der Waals surface area (Å²) in [4.78, 5) is 30.3. The van der Waals surface area contributed by atoms with Gasteiger partial charge in [0.2, 0.25) is 0 Å². The zero-order valence-corrected chi connectivity index (χ0v) is 17.2. The van der Waals surface area contributed by atoms with Gasteiger partial charge in [-0.25, -0.2) is 4.98 Å². The van der Waals surface area contributed by atoms with E-state index in [1.54, 1.807) is 42.0 Å². The Labute approximate surface area is 180 Å². The fourth-order valence-corrected chi connectivity index (χ4v) is 4.34. The third-order valence-corrected chi connectivity index (χ3v) is 5.77. The van der Waals surface area contributed by atoms with E-state index in [1.165, 1.54) is 17.4 Å². The number of thiophene rings is 1. The maximum atomic E-state index is 13.3. The molecule has 4 aromatic rings. The Kier molecular flexibility index (Phi) is 4.99. The molecule has 9 heteroatoms. The summed E-state index contributed by atoms with van der Waals surface area (Å²) < 4.78 is 1.68. The van der Waals surface area contributed by atoms with Gasteiger partial charge in [0.05, 0.1) is 27.9 Å². The van der Waals surface area contributed by atoms with Crippen LogP contribution in [0.15, 0.2) is 48.0 Å². The summed E-state index contributed by atoms with van der Waals surface area (Å²) in [5, 5.41) is 15.1. The molecule has 0 unspecified atom stereocenters. The standard InChI is InChI=1S/C21H14ClN5O2S/c1-11-7-12(10-23)8-14(18(24)28)17(11)26-20(29)16-9-13-4-6-30-21(13)27(16)19-15(22)3-2-5-25-19/h2-9H,1H3,(H2,24,28)(H,26,29). The molecule has 0 bridgehead atoms. The van der Waals surface area contributed by atoms with Gasteiger partial charge in [-0.15, -0.1) is 11.3 Å². The molecule has 3 aromatic heterocycles. The molecule has 0 radical (unpaired) electrons. The van der Waals surface area contributed by atoms with Crippen LogP contribution < -0.4 is 11.1 Å². The Hall–Kier alpha value is -3.67. The van der Waals surface area contributed by atoms with E-state index in [9.17, 15) is 9.59 Å². The number of rotatable bonds is 4. The normalized spacial score (nSPS) is 10.7. The number of amides is 2. The molecule has 0 aliphatic heterocycles. The van der Waals surface area contributed by atoms with Crippen LogP contribution in [0.25, 0.3) is 16.0 Å². The van der Waals surface area contributed by atoms with Crippen LogP contribution in [0.4, 0.5) is 5.69 Å². The second-order valence-electron chi connectivity index (χ2n) is 6.50. The summed E-state index contributed by atoms with van der Waals surface area (Å²) in [6.45, 7) is 1.69. The summed E-state index contributed by atoms with van der Waals surface area (Å²) in [6.07, 6.45) is 1.60. The van der Waals surface area contributed by atoms with Crippen LogP contribution in [0.3, 0.4) is 0 Å². The highest BCUT2D eigenvalue weighted by atomic mass is 35.5. The molecule has 3 N–H and O–H groups in total. The number of aryl methyl sites for hydroxylation is 1. The zero-order valence-electron chi connectivity index (χ0n) is 15.6. The van der Waals surface area contributed by atoms with Crippen LogP contribution in [-0.4, -0.2) is 21.4 Å². The lowest BCUT2D eigenvalue weighted by Crippen LogP contribution is -2.21. The molecule has 0 fully saturated rings. The van der Waals surface area contributed by atoms with Crippen LogP contribution in [0.2, 0.25) is 5.02 Å².